The van der Waals surface area contributed by atoms with E-state index in [4.69, 9.17) is 0 Å². The molecule has 1 saturated heterocycles. The zero-order valence-electron chi connectivity index (χ0n) is 13.0. The molecule has 2 aromatic heterocycles. The molecule has 3 unspecified atom stereocenters. The molecule has 5 rings (SSSR count). The monoisotopic (exact) mass is 324 g/mol. The molecule has 3 heterocycles. The number of fused-ring (bicyclic) bond motifs is 2. The number of aromatic nitrogens is 4. The summed E-state index contributed by atoms with van der Waals surface area (Å²) in [6.07, 6.45) is 5.68. The van der Waals surface area contributed by atoms with Crippen LogP contribution in [-0.4, -0.2) is 38.4 Å². The van der Waals surface area contributed by atoms with Gasteiger partial charge in [-0.05, 0) is 37.4 Å². The first-order valence-corrected chi connectivity index (χ1v) is 8.26. The van der Waals surface area contributed by atoms with E-state index < -0.39 is 0 Å². The van der Waals surface area contributed by atoms with Gasteiger partial charge in [0.1, 0.15) is 23.6 Å². The van der Waals surface area contributed by atoms with E-state index >= 15 is 0 Å². The van der Waals surface area contributed by atoms with E-state index in [0.29, 0.717) is 29.3 Å². The van der Waals surface area contributed by atoms with E-state index in [2.05, 4.69) is 25.7 Å². The summed E-state index contributed by atoms with van der Waals surface area (Å²) in [5.41, 5.74) is 0.994. The van der Waals surface area contributed by atoms with Crippen molar-refractivity contribution in [1.29, 1.82) is 0 Å². The van der Waals surface area contributed by atoms with Crippen molar-refractivity contribution in [3.63, 3.8) is 0 Å². The van der Waals surface area contributed by atoms with Gasteiger partial charge in [0.25, 0.3) is 0 Å². The molecule has 7 heteroatoms. The van der Waals surface area contributed by atoms with Gasteiger partial charge in [-0.15, -0.1) is 0 Å². The van der Waals surface area contributed by atoms with Crippen molar-refractivity contribution in [2.75, 3.05) is 11.9 Å². The molecule has 0 radical (unpaired) electrons. The summed E-state index contributed by atoms with van der Waals surface area (Å²) in [5, 5.41) is 12.2. The Morgan fingerprint density at radius 2 is 2.17 bits per heavy atom. The van der Waals surface area contributed by atoms with Crippen molar-refractivity contribution in [2.45, 2.75) is 24.9 Å². The molecule has 2 aliphatic rings. The average Bonchev–Trinajstić information content (AvgIpc) is 3.12. The number of rotatable bonds is 3. The van der Waals surface area contributed by atoms with Crippen LogP contribution in [0.3, 0.4) is 0 Å². The molecule has 6 nitrogen and oxygen atoms in total. The molecule has 1 saturated carbocycles. The standard InChI is InChI=1S/C17H17FN6/c18-12-5-1-2-6-13(12)24-17-11(8-22-24)16(20-9-21-17)23-15-10-4-3-7-19-14(10)15/h1-2,5-6,8-10,14-15,19H,3-4,7H2,(H,20,21,23). The predicted molar refractivity (Wildman–Crippen MR) is 88.5 cm³/mol. The third-order valence-corrected chi connectivity index (χ3v) is 5.01. The second-order valence-corrected chi connectivity index (χ2v) is 6.42. The average molecular weight is 324 g/mol. The van der Waals surface area contributed by atoms with Gasteiger partial charge >= 0.3 is 0 Å². The minimum atomic E-state index is -0.326. The van der Waals surface area contributed by atoms with Gasteiger partial charge in [0.15, 0.2) is 5.65 Å². The highest BCUT2D eigenvalue weighted by Crippen LogP contribution is 2.40. The summed E-state index contributed by atoms with van der Waals surface area (Å²) in [7, 11) is 0. The SMILES string of the molecule is Fc1ccccc1-n1ncc2c(NC3C4CCCNC43)ncnc21. The number of nitrogens with zero attached hydrogens (tertiary/aromatic N) is 4. The number of anilines is 1. The summed E-state index contributed by atoms with van der Waals surface area (Å²) >= 11 is 0. The lowest BCUT2D eigenvalue weighted by atomic mass is 10.2. The molecule has 24 heavy (non-hydrogen) atoms. The number of hydrogen-bond acceptors (Lipinski definition) is 5. The third-order valence-electron chi connectivity index (χ3n) is 5.01. The van der Waals surface area contributed by atoms with Crippen LogP contribution in [0.5, 0.6) is 0 Å². The predicted octanol–water partition coefficient (Wildman–Crippen LogP) is 2.12. The van der Waals surface area contributed by atoms with Gasteiger partial charge in [-0.2, -0.15) is 5.10 Å². The highest BCUT2D eigenvalue weighted by molar-refractivity contribution is 5.87. The number of nitrogens with one attached hydrogen (secondary N) is 2. The second kappa shape index (κ2) is 5.24. The Balaban J connectivity index is 1.52. The van der Waals surface area contributed by atoms with Crippen molar-refractivity contribution >= 4 is 16.9 Å². The summed E-state index contributed by atoms with van der Waals surface area (Å²) in [5.74, 6) is 1.11. The molecule has 2 fully saturated rings. The molecule has 0 spiro atoms. The lowest BCUT2D eigenvalue weighted by molar-refractivity contribution is 0.505. The number of hydrogen-bond donors (Lipinski definition) is 2. The number of halogens is 1. The molecular formula is C17H17FN6. The van der Waals surface area contributed by atoms with E-state index in [1.807, 2.05) is 0 Å². The molecular weight excluding hydrogens is 307 g/mol. The van der Waals surface area contributed by atoms with E-state index in [0.717, 1.165) is 17.7 Å². The summed E-state index contributed by atoms with van der Waals surface area (Å²) in [4.78, 5) is 8.68. The van der Waals surface area contributed by atoms with Gasteiger partial charge in [0.05, 0.1) is 11.6 Å². The van der Waals surface area contributed by atoms with Crippen molar-refractivity contribution in [2.24, 2.45) is 5.92 Å². The smallest absolute Gasteiger partial charge is 0.168 e. The van der Waals surface area contributed by atoms with Crippen LogP contribution in [0, 0.1) is 11.7 Å². The third kappa shape index (κ3) is 2.08. The van der Waals surface area contributed by atoms with Crippen molar-refractivity contribution in [3.05, 3.63) is 42.6 Å². The van der Waals surface area contributed by atoms with Gasteiger partial charge < -0.3 is 10.6 Å². The Hall–Kier alpha value is -2.54. The van der Waals surface area contributed by atoms with Crippen LogP contribution in [0.4, 0.5) is 10.2 Å². The van der Waals surface area contributed by atoms with Crippen LogP contribution in [0.2, 0.25) is 0 Å². The van der Waals surface area contributed by atoms with Crippen LogP contribution in [0.25, 0.3) is 16.7 Å². The molecule has 1 aliphatic heterocycles. The molecule has 0 bridgehead atoms. The van der Waals surface area contributed by atoms with Gasteiger partial charge in [-0.25, -0.2) is 19.0 Å². The number of piperidine rings is 1. The Morgan fingerprint density at radius 1 is 1.25 bits per heavy atom. The fraction of sp³-hybridized carbons (Fsp3) is 0.353. The summed E-state index contributed by atoms with van der Waals surface area (Å²) in [6, 6.07) is 7.49. The molecule has 2 N–H and O–H groups in total. The van der Waals surface area contributed by atoms with Crippen LogP contribution in [0.15, 0.2) is 36.8 Å². The first kappa shape index (κ1) is 13.9. The molecule has 3 aromatic rings. The molecule has 122 valence electrons. The molecule has 1 aromatic carbocycles. The maximum atomic E-state index is 14.1. The van der Waals surface area contributed by atoms with E-state index in [1.54, 1.807) is 24.4 Å². The zero-order chi connectivity index (χ0) is 16.1. The van der Waals surface area contributed by atoms with Crippen molar-refractivity contribution in [3.8, 4) is 5.69 Å². The summed E-state index contributed by atoms with van der Waals surface area (Å²) < 4.78 is 15.6. The molecule has 0 amide bonds. The molecule has 3 atom stereocenters. The van der Waals surface area contributed by atoms with Crippen LogP contribution in [0.1, 0.15) is 12.8 Å². The van der Waals surface area contributed by atoms with Gasteiger partial charge in [0.2, 0.25) is 0 Å². The lowest BCUT2D eigenvalue weighted by Gasteiger charge is -2.07. The van der Waals surface area contributed by atoms with Gasteiger partial charge in [-0.3, -0.25) is 0 Å². The quantitative estimate of drug-likeness (QED) is 0.772. The van der Waals surface area contributed by atoms with E-state index in [9.17, 15) is 4.39 Å². The van der Waals surface area contributed by atoms with Crippen LogP contribution in [-0.2, 0) is 0 Å². The fourth-order valence-corrected chi connectivity index (χ4v) is 3.73. The minimum Gasteiger partial charge on any atom is -0.365 e. The van der Waals surface area contributed by atoms with E-state index in [-0.39, 0.29) is 5.82 Å². The lowest BCUT2D eigenvalue weighted by Crippen LogP contribution is -2.26. The van der Waals surface area contributed by atoms with Crippen molar-refractivity contribution < 1.29 is 4.39 Å². The number of para-hydroxylation sites is 1. The Kier molecular flexibility index (Phi) is 3.02. The maximum absolute atomic E-state index is 14.1. The normalized spacial score (nSPS) is 25.5. The highest BCUT2D eigenvalue weighted by atomic mass is 19.1. The van der Waals surface area contributed by atoms with Crippen molar-refractivity contribution in [1.82, 2.24) is 25.1 Å². The second-order valence-electron chi connectivity index (χ2n) is 6.42. The summed E-state index contributed by atoms with van der Waals surface area (Å²) in [6.45, 7) is 1.09. The Labute approximate surface area is 138 Å². The first-order chi connectivity index (χ1) is 11.8. The topological polar surface area (TPSA) is 67.7 Å². The number of benzene rings is 1. The minimum absolute atomic E-state index is 0.326. The van der Waals surface area contributed by atoms with Crippen LogP contribution < -0.4 is 10.6 Å². The van der Waals surface area contributed by atoms with E-state index in [1.165, 1.54) is 29.9 Å². The maximum Gasteiger partial charge on any atom is 0.168 e. The van der Waals surface area contributed by atoms with Gasteiger partial charge in [0, 0.05) is 12.1 Å². The molecule has 1 aliphatic carbocycles. The zero-order valence-corrected chi connectivity index (χ0v) is 13.0. The van der Waals surface area contributed by atoms with Gasteiger partial charge in [-0.1, -0.05) is 12.1 Å². The highest BCUT2D eigenvalue weighted by Gasteiger charge is 2.51. The van der Waals surface area contributed by atoms with Crippen LogP contribution >= 0.6 is 0 Å². The largest absolute Gasteiger partial charge is 0.365 e. The Morgan fingerprint density at radius 3 is 3.00 bits per heavy atom. The Bertz CT molecular complexity index is 895. The first-order valence-electron chi connectivity index (χ1n) is 8.26. The fourth-order valence-electron chi connectivity index (χ4n) is 3.73.